The molecule has 4 heteroatoms. The van der Waals surface area contributed by atoms with Crippen LogP contribution in [-0.2, 0) is 11.2 Å². The van der Waals surface area contributed by atoms with Crippen LogP contribution in [0.5, 0.6) is 0 Å². The van der Waals surface area contributed by atoms with E-state index >= 15 is 0 Å². The summed E-state index contributed by atoms with van der Waals surface area (Å²) in [6.07, 6.45) is 6.88. The van der Waals surface area contributed by atoms with E-state index in [0.717, 1.165) is 19.5 Å². The Morgan fingerprint density at radius 3 is 2.86 bits per heavy atom. The second-order valence-corrected chi connectivity index (χ2v) is 7.27. The van der Waals surface area contributed by atoms with Crippen LogP contribution in [0.15, 0.2) is 16.8 Å². The molecule has 3 nitrogen and oxygen atoms in total. The van der Waals surface area contributed by atoms with Gasteiger partial charge in [0, 0.05) is 26.1 Å². The van der Waals surface area contributed by atoms with E-state index in [-0.39, 0.29) is 0 Å². The second kappa shape index (κ2) is 7.41. The van der Waals surface area contributed by atoms with E-state index in [4.69, 9.17) is 0 Å². The first kappa shape index (κ1) is 15.0. The van der Waals surface area contributed by atoms with Crippen molar-refractivity contribution in [2.75, 3.05) is 32.7 Å². The van der Waals surface area contributed by atoms with Crippen molar-refractivity contribution in [2.24, 2.45) is 5.92 Å². The zero-order valence-electron chi connectivity index (χ0n) is 12.8. The van der Waals surface area contributed by atoms with Crippen molar-refractivity contribution in [3.05, 3.63) is 22.4 Å². The Kier molecular flexibility index (Phi) is 5.31. The fraction of sp³-hybridized carbons (Fsp3) is 0.706. The Morgan fingerprint density at radius 2 is 2.10 bits per heavy atom. The Morgan fingerprint density at radius 1 is 1.24 bits per heavy atom. The van der Waals surface area contributed by atoms with Crippen LogP contribution in [0.4, 0.5) is 0 Å². The number of piperidine rings is 1. The standard InChI is InChI=1S/C17H26N2OS/c20-17(5-4-15-7-11-21-14-15)19-10-6-16(13-19)12-18-8-2-1-3-9-18/h7,11,14,16H,1-6,8-10,12-13H2. The third-order valence-electron chi connectivity index (χ3n) is 4.81. The molecular weight excluding hydrogens is 280 g/mol. The summed E-state index contributed by atoms with van der Waals surface area (Å²) < 4.78 is 0. The zero-order valence-corrected chi connectivity index (χ0v) is 13.6. The Bertz CT molecular complexity index is 440. The SMILES string of the molecule is O=C(CCc1ccsc1)N1CCC(CN2CCCCC2)C1. The van der Waals surface area contributed by atoms with Crippen molar-refractivity contribution < 1.29 is 4.79 Å². The first-order chi connectivity index (χ1) is 10.3. The van der Waals surface area contributed by atoms with Gasteiger partial charge in [0.15, 0.2) is 0 Å². The van der Waals surface area contributed by atoms with Crippen LogP contribution in [-0.4, -0.2) is 48.4 Å². The third kappa shape index (κ3) is 4.30. The molecule has 1 aromatic rings. The van der Waals surface area contributed by atoms with Gasteiger partial charge in [0.05, 0.1) is 0 Å². The third-order valence-corrected chi connectivity index (χ3v) is 5.54. The van der Waals surface area contributed by atoms with Gasteiger partial charge >= 0.3 is 0 Å². The number of carbonyl (C=O) groups excluding carboxylic acids is 1. The minimum absolute atomic E-state index is 0.349. The van der Waals surface area contributed by atoms with E-state index in [1.165, 1.54) is 50.9 Å². The molecule has 0 aliphatic carbocycles. The molecule has 116 valence electrons. The lowest BCUT2D eigenvalue weighted by molar-refractivity contribution is -0.130. The molecule has 1 amide bonds. The lowest BCUT2D eigenvalue weighted by atomic mass is 10.1. The summed E-state index contributed by atoms with van der Waals surface area (Å²) >= 11 is 1.71. The first-order valence-electron chi connectivity index (χ1n) is 8.32. The van der Waals surface area contributed by atoms with Crippen LogP contribution in [0.2, 0.25) is 0 Å². The van der Waals surface area contributed by atoms with Crippen LogP contribution in [0.25, 0.3) is 0 Å². The van der Waals surface area contributed by atoms with Gasteiger partial charge in [-0.2, -0.15) is 11.3 Å². The van der Waals surface area contributed by atoms with Crippen molar-refractivity contribution in [3.8, 4) is 0 Å². The minimum Gasteiger partial charge on any atom is -0.342 e. The van der Waals surface area contributed by atoms with Crippen molar-refractivity contribution in [3.63, 3.8) is 0 Å². The van der Waals surface area contributed by atoms with E-state index in [0.29, 0.717) is 18.2 Å². The molecule has 0 N–H and O–H groups in total. The van der Waals surface area contributed by atoms with Gasteiger partial charge in [0.1, 0.15) is 0 Å². The maximum Gasteiger partial charge on any atom is 0.222 e. The topological polar surface area (TPSA) is 23.6 Å². The van der Waals surface area contributed by atoms with Crippen molar-refractivity contribution >= 4 is 17.2 Å². The van der Waals surface area contributed by atoms with Crippen molar-refractivity contribution in [1.29, 1.82) is 0 Å². The Hall–Kier alpha value is -0.870. The molecule has 0 saturated carbocycles. The molecule has 0 aromatic carbocycles. The molecular formula is C17H26N2OS. The smallest absolute Gasteiger partial charge is 0.222 e. The number of aryl methyl sites for hydroxylation is 1. The average Bonchev–Trinajstić information content (AvgIpc) is 3.17. The normalized spacial score (nSPS) is 23.6. The minimum atomic E-state index is 0.349. The van der Waals surface area contributed by atoms with Gasteiger partial charge in [-0.15, -0.1) is 0 Å². The number of likely N-dealkylation sites (tertiary alicyclic amines) is 2. The number of amides is 1. The van der Waals surface area contributed by atoms with Gasteiger partial charge in [0.2, 0.25) is 5.91 Å². The molecule has 3 rings (SSSR count). The Balaban J connectivity index is 1.40. The second-order valence-electron chi connectivity index (χ2n) is 6.49. The largest absolute Gasteiger partial charge is 0.342 e. The highest BCUT2D eigenvalue weighted by atomic mass is 32.1. The summed E-state index contributed by atoms with van der Waals surface area (Å²) in [4.78, 5) is 17.0. The molecule has 0 bridgehead atoms. The van der Waals surface area contributed by atoms with E-state index in [1.54, 1.807) is 11.3 Å². The number of nitrogens with zero attached hydrogens (tertiary/aromatic N) is 2. The predicted molar refractivity (Wildman–Crippen MR) is 87.6 cm³/mol. The lowest BCUT2D eigenvalue weighted by Gasteiger charge is -2.29. The summed E-state index contributed by atoms with van der Waals surface area (Å²) in [5.74, 6) is 1.05. The molecule has 1 aromatic heterocycles. The maximum absolute atomic E-state index is 12.3. The lowest BCUT2D eigenvalue weighted by Crippen LogP contribution is -2.36. The van der Waals surface area contributed by atoms with Gasteiger partial charge in [-0.1, -0.05) is 6.42 Å². The van der Waals surface area contributed by atoms with E-state index in [9.17, 15) is 4.79 Å². The van der Waals surface area contributed by atoms with Crippen LogP contribution >= 0.6 is 11.3 Å². The summed E-state index contributed by atoms with van der Waals surface area (Å²) in [5, 5.41) is 4.24. The molecule has 21 heavy (non-hydrogen) atoms. The van der Waals surface area contributed by atoms with Gasteiger partial charge in [-0.05, 0) is 67.1 Å². The summed E-state index contributed by atoms with van der Waals surface area (Å²) in [7, 11) is 0. The highest BCUT2D eigenvalue weighted by molar-refractivity contribution is 7.07. The maximum atomic E-state index is 12.3. The fourth-order valence-corrected chi connectivity index (χ4v) is 4.26. The highest BCUT2D eigenvalue weighted by Gasteiger charge is 2.27. The number of thiophene rings is 1. The molecule has 1 atom stereocenters. The van der Waals surface area contributed by atoms with E-state index in [2.05, 4.69) is 26.6 Å². The summed E-state index contributed by atoms with van der Waals surface area (Å²) in [5.41, 5.74) is 1.30. The molecule has 2 aliphatic heterocycles. The zero-order chi connectivity index (χ0) is 14.5. The van der Waals surface area contributed by atoms with Gasteiger partial charge in [-0.3, -0.25) is 4.79 Å². The van der Waals surface area contributed by atoms with Crippen molar-refractivity contribution in [2.45, 2.75) is 38.5 Å². The Labute approximate surface area is 131 Å². The molecule has 3 heterocycles. The monoisotopic (exact) mass is 306 g/mol. The molecule has 1 unspecified atom stereocenters. The molecule has 2 saturated heterocycles. The summed E-state index contributed by atoms with van der Waals surface area (Å²) in [6, 6.07) is 2.13. The van der Waals surface area contributed by atoms with Crippen molar-refractivity contribution in [1.82, 2.24) is 9.80 Å². The van der Waals surface area contributed by atoms with Gasteiger partial charge < -0.3 is 9.80 Å². The number of hydrogen-bond acceptors (Lipinski definition) is 3. The first-order valence-corrected chi connectivity index (χ1v) is 9.27. The molecule has 2 fully saturated rings. The fourth-order valence-electron chi connectivity index (χ4n) is 3.56. The van der Waals surface area contributed by atoms with Gasteiger partial charge in [-0.25, -0.2) is 0 Å². The van der Waals surface area contributed by atoms with Crippen LogP contribution < -0.4 is 0 Å². The average molecular weight is 306 g/mol. The number of carbonyl (C=O) groups is 1. The quantitative estimate of drug-likeness (QED) is 0.835. The van der Waals surface area contributed by atoms with E-state index in [1.807, 2.05) is 0 Å². The van der Waals surface area contributed by atoms with Crippen LogP contribution in [0.3, 0.4) is 0 Å². The van der Waals surface area contributed by atoms with Gasteiger partial charge in [0.25, 0.3) is 0 Å². The predicted octanol–water partition coefficient (Wildman–Crippen LogP) is 3.02. The van der Waals surface area contributed by atoms with Crippen LogP contribution in [0, 0.1) is 5.92 Å². The molecule has 0 spiro atoms. The molecule has 0 radical (unpaired) electrons. The summed E-state index contributed by atoms with van der Waals surface area (Å²) in [6.45, 7) is 5.69. The number of hydrogen-bond donors (Lipinski definition) is 0. The van der Waals surface area contributed by atoms with Crippen LogP contribution in [0.1, 0.15) is 37.7 Å². The highest BCUT2D eigenvalue weighted by Crippen LogP contribution is 2.21. The van der Waals surface area contributed by atoms with E-state index < -0.39 is 0 Å². The molecule has 2 aliphatic rings. The number of rotatable bonds is 5.